The maximum absolute atomic E-state index is 10.6. The predicted molar refractivity (Wildman–Crippen MR) is 35.7 cm³/mol. The number of esters is 1. The molecule has 51 valence electrons. The molecule has 1 radical (unpaired) electrons. The first-order valence-electron chi connectivity index (χ1n) is 3.29. The lowest BCUT2D eigenvalue weighted by Gasteiger charge is -1.99. The minimum atomic E-state index is -0.387. The van der Waals surface area contributed by atoms with Crippen LogP contribution < -0.4 is 0 Å². The number of carbonyl (C=O) groups excluding carboxylic acids is 1. The Kier molecular flexibility index (Phi) is 2.90. The summed E-state index contributed by atoms with van der Waals surface area (Å²) in [5.41, 5.74) is 0.394. The molecule has 0 fully saturated rings. The molecule has 0 aliphatic carbocycles. The summed E-state index contributed by atoms with van der Waals surface area (Å²) in [4.78, 5) is 10.6. The van der Waals surface area contributed by atoms with Crippen molar-refractivity contribution in [2.45, 2.75) is 13.3 Å². The Bertz CT molecular complexity index is 132. The van der Waals surface area contributed by atoms with E-state index in [4.69, 9.17) is 1.37 Å². The average Bonchev–Trinajstić information content (AvgIpc) is 1.88. The van der Waals surface area contributed by atoms with Gasteiger partial charge in [-0.1, -0.05) is 6.58 Å². The average molecular weight is 129 g/mol. The van der Waals surface area contributed by atoms with Crippen molar-refractivity contribution in [3.63, 3.8) is 0 Å². The van der Waals surface area contributed by atoms with E-state index in [9.17, 15) is 4.79 Å². The van der Waals surface area contributed by atoms with Crippen LogP contribution in [-0.4, -0.2) is 12.6 Å². The van der Waals surface area contributed by atoms with Crippen molar-refractivity contribution in [1.82, 2.24) is 0 Å². The minimum Gasteiger partial charge on any atom is -0.462 e. The number of ether oxygens (including phenoxy) is 1. The van der Waals surface area contributed by atoms with Crippen molar-refractivity contribution >= 4 is 5.97 Å². The first-order valence-corrected chi connectivity index (χ1v) is 2.71. The van der Waals surface area contributed by atoms with E-state index < -0.39 is 0 Å². The van der Waals surface area contributed by atoms with Crippen LogP contribution in [0.15, 0.2) is 12.2 Å². The van der Waals surface area contributed by atoms with Crippen LogP contribution in [-0.2, 0) is 9.53 Å². The molecule has 0 unspecified atom stereocenters. The van der Waals surface area contributed by atoms with Crippen LogP contribution in [0.25, 0.3) is 0 Å². The molecule has 9 heavy (non-hydrogen) atoms. The molecule has 0 amide bonds. The molecule has 2 nitrogen and oxygen atoms in total. The van der Waals surface area contributed by atoms with Crippen molar-refractivity contribution in [3.05, 3.63) is 19.1 Å². The molecule has 0 saturated heterocycles. The molecule has 0 heterocycles. The van der Waals surface area contributed by atoms with Gasteiger partial charge in [0.2, 0.25) is 0 Å². The van der Waals surface area contributed by atoms with Crippen molar-refractivity contribution in [1.29, 1.82) is 0 Å². The van der Waals surface area contributed by atoms with Gasteiger partial charge in [0.15, 0.2) is 0 Å². The molecule has 0 aliphatic heterocycles. The summed E-state index contributed by atoms with van der Waals surface area (Å²) in [6.07, 6.45) is 0.471. The van der Waals surface area contributed by atoms with Gasteiger partial charge in [0.1, 0.15) is 0 Å². The molecule has 0 aromatic heterocycles. The summed E-state index contributed by atoms with van der Waals surface area (Å²) in [5, 5.41) is 0. The van der Waals surface area contributed by atoms with Gasteiger partial charge in [0.25, 0.3) is 0 Å². The van der Waals surface area contributed by atoms with E-state index in [1.54, 1.807) is 6.92 Å². The Morgan fingerprint density at radius 3 is 3.00 bits per heavy atom. The number of hydrogen-bond donors (Lipinski definition) is 0. The molecule has 0 atom stereocenters. The molecule has 0 aromatic carbocycles. The zero-order valence-corrected chi connectivity index (χ0v) is 5.52. The normalized spacial score (nSPS) is 10.1. The zero-order valence-electron chi connectivity index (χ0n) is 6.52. The fourth-order valence-electron chi connectivity index (χ4n) is 0.275. The molecule has 0 bridgehead atoms. The second-order valence-electron chi connectivity index (χ2n) is 1.70. The van der Waals surface area contributed by atoms with E-state index in [2.05, 4.69) is 11.3 Å². The smallest absolute Gasteiger partial charge is 0.333 e. The standard InChI is InChI=1S/C7H11O2/c1-4-5-9-7(8)6(2)3/h1-2,4-5H2,3H3/i1T. The maximum atomic E-state index is 10.6. The molecule has 0 rings (SSSR count). The number of carbonyl (C=O) groups is 1. The van der Waals surface area contributed by atoms with Crippen LogP contribution >= 0.6 is 0 Å². The van der Waals surface area contributed by atoms with Crippen molar-refractivity contribution < 1.29 is 10.9 Å². The van der Waals surface area contributed by atoms with E-state index in [-0.39, 0.29) is 12.6 Å². The quantitative estimate of drug-likeness (QED) is 0.325. The second-order valence-corrected chi connectivity index (χ2v) is 1.70. The largest absolute Gasteiger partial charge is 0.462 e. The highest BCUT2D eigenvalue weighted by Crippen LogP contribution is 1.91. The van der Waals surface area contributed by atoms with Gasteiger partial charge in [-0.3, -0.25) is 0 Å². The topological polar surface area (TPSA) is 26.3 Å². The van der Waals surface area contributed by atoms with Gasteiger partial charge in [0, 0.05) is 6.94 Å². The summed E-state index contributed by atoms with van der Waals surface area (Å²) in [6.45, 7) is 6.47. The summed E-state index contributed by atoms with van der Waals surface area (Å²) >= 11 is 0. The van der Waals surface area contributed by atoms with Crippen molar-refractivity contribution in [2.75, 3.05) is 6.61 Å². The van der Waals surface area contributed by atoms with Crippen LogP contribution in [0.3, 0.4) is 0 Å². The molecular weight excluding hydrogens is 116 g/mol. The molecule has 0 N–H and O–H groups in total. The predicted octanol–water partition coefficient (Wildman–Crippen LogP) is 1.33. The lowest BCUT2D eigenvalue weighted by atomic mass is 10.4. The Balaban J connectivity index is 3.31. The maximum Gasteiger partial charge on any atom is 0.333 e. The Labute approximate surface area is 56.9 Å². The first kappa shape index (κ1) is 6.33. The minimum absolute atomic E-state index is 0.273. The van der Waals surface area contributed by atoms with Crippen molar-refractivity contribution in [3.8, 4) is 0 Å². The highest BCUT2D eigenvalue weighted by molar-refractivity contribution is 5.86. The van der Waals surface area contributed by atoms with Crippen LogP contribution in [0, 0.1) is 6.90 Å². The van der Waals surface area contributed by atoms with E-state index >= 15 is 0 Å². The highest BCUT2D eigenvalue weighted by Gasteiger charge is 1.99. The fourth-order valence-corrected chi connectivity index (χ4v) is 0.275. The molecule has 2 heteroatoms. The number of hydrogen-bond acceptors (Lipinski definition) is 2. The van der Waals surface area contributed by atoms with Crippen LogP contribution in [0.5, 0.6) is 0 Å². The lowest BCUT2D eigenvalue weighted by Crippen LogP contribution is -2.04. The Morgan fingerprint density at radius 1 is 1.89 bits per heavy atom. The Hall–Kier alpha value is -0.790. The third kappa shape index (κ3) is 3.76. The van der Waals surface area contributed by atoms with Crippen LogP contribution in [0.1, 0.15) is 14.7 Å². The molecule has 0 aliphatic rings. The number of rotatable bonds is 4. The van der Waals surface area contributed by atoms with Gasteiger partial charge in [-0.25, -0.2) is 4.79 Å². The lowest BCUT2D eigenvalue weighted by molar-refractivity contribution is -0.138. The fraction of sp³-hybridized carbons (Fsp3) is 0.429. The molecule has 0 saturated carbocycles. The van der Waals surface area contributed by atoms with Gasteiger partial charge >= 0.3 is 5.97 Å². The van der Waals surface area contributed by atoms with Gasteiger partial charge < -0.3 is 4.74 Å². The monoisotopic (exact) mass is 129 g/mol. The van der Waals surface area contributed by atoms with E-state index in [1.807, 2.05) is 0 Å². The first-order chi connectivity index (χ1) is 4.68. The molecule has 0 aromatic rings. The third-order valence-corrected chi connectivity index (χ3v) is 0.699. The van der Waals surface area contributed by atoms with E-state index in [0.717, 1.165) is 0 Å². The summed E-state index contributed by atoms with van der Waals surface area (Å²) in [7, 11) is 0. The van der Waals surface area contributed by atoms with Crippen LogP contribution in [0.4, 0.5) is 0 Å². The SMILES string of the molecule is [3H][CH]CCOC(=O)C(=C)C. The van der Waals surface area contributed by atoms with Gasteiger partial charge in [0.05, 0.1) is 6.61 Å². The summed E-state index contributed by atoms with van der Waals surface area (Å²) in [6, 6.07) is 0. The van der Waals surface area contributed by atoms with Crippen molar-refractivity contribution in [2.24, 2.45) is 0 Å². The summed E-state index contributed by atoms with van der Waals surface area (Å²) < 4.78 is 11.3. The van der Waals surface area contributed by atoms with Gasteiger partial charge in [-0.05, 0) is 20.2 Å². The Morgan fingerprint density at radius 2 is 2.56 bits per heavy atom. The van der Waals surface area contributed by atoms with Gasteiger partial charge in [-0.2, -0.15) is 0 Å². The van der Waals surface area contributed by atoms with Crippen LogP contribution in [0.2, 0.25) is 0 Å². The van der Waals surface area contributed by atoms with Gasteiger partial charge in [-0.15, -0.1) is 0 Å². The zero-order chi connectivity index (χ0) is 7.98. The molecule has 0 spiro atoms. The summed E-state index contributed by atoms with van der Waals surface area (Å²) in [5.74, 6) is -0.387. The highest BCUT2D eigenvalue weighted by atomic mass is 16.5. The third-order valence-electron chi connectivity index (χ3n) is 0.699. The van der Waals surface area contributed by atoms with E-state index in [1.165, 1.54) is 6.90 Å². The second kappa shape index (κ2) is 4.13. The van der Waals surface area contributed by atoms with E-state index in [0.29, 0.717) is 12.0 Å². The molecular formula is C7H11O2.